The average Bonchev–Trinajstić information content (AvgIpc) is 2.77. The maximum atomic E-state index is 5.05. The van der Waals surface area contributed by atoms with Crippen LogP contribution in [0.1, 0.15) is 12.6 Å². The summed E-state index contributed by atoms with van der Waals surface area (Å²) < 4.78 is 6.75. The van der Waals surface area contributed by atoms with Gasteiger partial charge in [0.15, 0.2) is 5.82 Å². The average molecular weight is 247 g/mol. The predicted octanol–water partition coefficient (Wildman–Crippen LogP) is 1.42. The van der Waals surface area contributed by atoms with Crippen molar-refractivity contribution in [2.24, 2.45) is 0 Å². The highest BCUT2D eigenvalue weighted by Crippen LogP contribution is 2.07. The zero-order valence-corrected chi connectivity index (χ0v) is 10.8. The van der Waals surface area contributed by atoms with Gasteiger partial charge in [0, 0.05) is 19.3 Å². The van der Waals surface area contributed by atoms with E-state index in [-0.39, 0.29) is 6.04 Å². The molecule has 0 aliphatic rings. The first-order valence-electron chi connectivity index (χ1n) is 5.81. The minimum Gasteiger partial charge on any atom is -0.383 e. The van der Waals surface area contributed by atoms with Crippen LogP contribution >= 0.6 is 0 Å². The van der Waals surface area contributed by atoms with Crippen molar-refractivity contribution in [2.75, 3.05) is 19.0 Å². The van der Waals surface area contributed by atoms with Crippen molar-refractivity contribution >= 4 is 5.82 Å². The Morgan fingerprint density at radius 3 is 2.72 bits per heavy atom. The Morgan fingerprint density at radius 2 is 2.17 bits per heavy atom. The van der Waals surface area contributed by atoms with Gasteiger partial charge in [0.1, 0.15) is 5.82 Å². The third-order valence-corrected chi connectivity index (χ3v) is 2.42. The largest absolute Gasteiger partial charge is 0.383 e. The Labute approximate surface area is 106 Å². The van der Waals surface area contributed by atoms with Gasteiger partial charge in [-0.05, 0) is 32.0 Å². The van der Waals surface area contributed by atoms with Gasteiger partial charge in [-0.3, -0.25) is 0 Å². The maximum absolute atomic E-state index is 5.05. The Morgan fingerprint density at radius 1 is 1.33 bits per heavy atom. The van der Waals surface area contributed by atoms with Crippen LogP contribution in [0.25, 0.3) is 5.82 Å². The molecule has 18 heavy (non-hydrogen) atoms. The molecule has 0 aliphatic heterocycles. The Hall–Kier alpha value is -1.95. The Balaban J connectivity index is 2.06. The Kier molecular flexibility index (Phi) is 3.88. The van der Waals surface area contributed by atoms with Crippen LogP contribution in [-0.2, 0) is 4.74 Å². The molecule has 0 aliphatic carbocycles. The zero-order valence-electron chi connectivity index (χ0n) is 10.8. The molecule has 6 heteroatoms. The fourth-order valence-electron chi connectivity index (χ4n) is 1.61. The second-order valence-electron chi connectivity index (χ2n) is 4.18. The van der Waals surface area contributed by atoms with Crippen molar-refractivity contribution in [1.82, 2.24) is 20.0 Å². The van der Waals surface area contributed by atoms with E-state index >= 15 is 0 Å². The van der Waals surface area contributed by atoms with Crippen molar-refractivity contribution in [3.05, 3.63) is 30.1 Å². The van der Waals surface area contributed by atoms with Gasteiger partial charge in [0.25, 0.3) is 0 Å². The van der Waals surface area contributed by atoms with E-state index in [2.05, 4.69) is 20.6 Å². The van der Waals surface area contributed by atoms with Gasteiger partial charge in [0.05, 0.1) is 12.3 Å². The summed E-state index contributed by atoms with van der Waals surface area (Å²) in [6.07, 6.45) is 1.86. The highest BCUT2D eigenvalue weighted by atomic mass is 16.5. The van der Waals surface area contributed by atoms with Crippen LogP contribution in [0, 0.1) is 6.92 Å². The van der Waals surface area contributed by atoms with Crippen molar-refractivity contribution in [3.63, 3.8) is 0 Å². The number of ether oxygens (including phenoxy) is 1. The molecule has 1 atom stereocenters. The van der Waals surface area contributed by atoms with Crippen LogP contribution in [0.5, 0.6) is 0 Å². The molecule has 0 saturated heterocycles. The van der Waals surface area contributed by atoms with E-state index in [0.717, 1.165) is 11.5 Å². The monoisotopic (exact) mass is 247 g/mol. The molecule has 0 spiro atoms. The third-order valence-electron chi connectivity index (χ3n) is 2.42. The number of aromatic nitrogens is 4. The summed E-state index contributed by atoms with van der Waals surface area (Å²) in [7, 11) is 1.67. The number of nitrogens with one attached hydrogen (secondary N) is 1. The molecule has 96 valence electrons. The van der Waals surface area contributed by atoms with E-state index in [1.54, 1.807) is 11.8 Å². The lowest BCUT2D eigenvalue weighted by Crippen LogP contribution is -2.21. The van der Waals surface area contributed by atoms with Gasteiger partial charge in [-0.2, -0.15) is 5.10 Å². The minimum absolute atomic E-state index is 0.196. The zero-order chi connectivity index (χ0) is 13.0. The summed E-state index contributed by atoms with van der Waals surface area (Å²) in [6.45, 7) is 4.59. The molecular formula is C12H17N5O. The number of rotatable bonds is 5. The van der Waals surface area contributed by atoms with E-state index in [9.17, 15) is 0 Å². The van der Waals surface area contributed by atoms with Crippen molar-refractivity contribution in [1.29, 1.82) is 0 Å². The number of aryl methyl sites for hydroxylation is 1. The number of nitrogens with zero attached hydrogens (tertiary/aromatic N) is 4. The number of methoxy groups -OCH3 is 1. The van der Waals surface area contributed by atoms with Crippen LogP contribution in [0.2, 0.25) is 0 Å². The fourth-order valence-corrected chi connectivity index (χ4v) is 1.61. The molecule has 0 radical (unpaired) electrons. The molecule has 2 heterocycles. The molecule has 0 bridgehead atoms. The molecule has 0 saturated carbocycles. The standard InChI is InChI=1S/C12H17N5O/c1-9-6-7-17(16-9)12-5-4-11(14-15-12)13-10(2)8-18-3/h4-7,10H,8H2,1-3H3,(H,13,14)/t10-/m1/s1. The number of hydrogen-bond donors (Lipinski definition) is 1. The highest BCUT2D eigenvalue weighted by molar-refractivity contribution is 5.37. The summed E-state index contributed by atoms with van der Waals surface area (Å²) in [5.74, 6) is 1.43. The summed E-state index contributed by atoms with van der Waals surface area (Å²) in [4.78, 5) is 0. The molecule has 2 rings (SSSR count). The molecule has 2 aromatic heterocycles. The highest BCUT2D eigenvalue weighted by Gasteiger charge is 2.04. The van der Waals surface area contributed by atoms with Gasteiger partial charge >= 0.3 is 0 Å². The molecule has 0 unspecified atom stereocenters. The molecule has 6 nitrogen and oxygen atoms in total. The molecule has 0 aromatic carbocycles. The molecule has 0 amide bonds. The molecule has 1 N–H and O–H groups in total. The fraction of sp³-hybridized carbons (Fsp3) is 0.417. The summed E-state index contributed by atoms with van der Waals surface area (Å²) in [6, 6.07) is 5.88. The van der Waals surface area contributed by atoms with Crippen LogP contribution < -0.4 is 5.32 Å². The summed E-state index contributed by atoms with van der Waals surface area (Å²) in [5, 5.41) is 15.7. The lowest BCUT2D eigenvalue weighted by Gasteiger charge is -2.12. The van der Waals surface area contributed by atoms with E-state index in [4.69, 9.17) is 4.74 Å². The van der Waals surface area contributed by atoms with Gasteiger partial charge in [-0.15, -0.1) is 10.2 Å². The second kappa shape index (κ2) is 5.59. The number of anilines is 1. The minimum atomic E-state index is 0.196. The number of hydrogen-bond acceptors (Lipinski definition) is 5. The lowest BCUT2D eigenvalue weighted by atomic mass is 10.3. The quantitative estimate of drug-likeness (QED) is 0.865. The van der Waals surface area contributed by atoms with Crippen LogP contribution in [0.4, 0.5) is 5.82 Å². The van der Waals surface area contributed by atoms with Crippen molar-refractivity contribution in [2.45, 2.75) is 19.9 Å². The smallest absolute Gasteiger partial charge is 0.175 e. The van der Waals surface area contributed by atoms with E-state index in [1.165, 1.54) is 0 Å². The molecular weight excluding hydrogens is 230 g/mol. The first-order valence-corrected chi connectivity index (χ1v) is 5.81. The molecule has 0 fully saturated rings. The topological polar surface area (TPSA) is 64.9 Å². The molecule has 2 aromatic rings. The van der Waals surface area contributed by atoms with E-state index < -0.39 is 0 Å². The van der Waals surface area contributed by atoms with Gasteiger partial charge < -0.3 is 10.1 Å². The maximum Gasteiger partial charge on any atom is 0.175 e. The summed E-state index contributed by atoms with van der Waals surface area (Å²) >= 11 is 0. The van der Waals surface area contributed by atoms with Crippen molar-refractivity contribution < 1.29 is 4.74 Å². The van der Waals surface area contributed by atoms with Crippen LogP contribution in [-0.4, -0.2) is 39.7 Å². The lowest BCUT2D eigenvalue weighted by molar-refractivity contribution is 0.190. The van der Waals surface area contributed by atoms with Crippen molar-refractivity contribution in [3.8, 4) is 5.82 Å². The third kappa shape index (κ3) is 3.04. The predicted molar refractivity (Wildman–Crippen MR) is 68.9 cm³/mol. The SMILES string of the molecule is COC[C@@H](C)Nc1ccc(-n2ccc(C)n2)nn1. The van der Waals surface area contributed by atoms with Gasteiger partial charge in [0.2, 0.25) is 0 Å². The van der Waals surface area contributed by atoms with Gasteiger partial charge in [-0.25, -0.2) is 4.68 Å². The normalized spacial score (nSPS) is 12.4. The first kappa shape index (κ1) is 12.5. The van der Waals surface area contributed by atoms with Crippen LogP contribution in [0.15, 0.2) is 24.4 Å². The first-order chi connectivity index (χ1) is 8.69. The van der Waals surface area contributed by atoms with E-state index in [1.807, 2.05) is 38.2 Å². The van der Waals surface area contributed by atoms with Crippen LogP contribution in [0.3, 0.4) is 0 Å². The van der Waals surface area contributed by atoms with E-state index in [0.29, 0.717) is 12.4 Å². The second-order valence-corrected chi connectivity index (χ2v) is 4.18. The Bertz CT molecular complexity index is 493. The summed E-state index contributed by atoms with van der Waals surface area (Å²) in [5.41, 5.74) is 0.952. The van der Waals surface area contributed by atoms with Gasteiger partial charge in [-0.1, -0.05) is 0 Å².